The lowest BCUT2D eigenvalue weighted by atomic mass is 9.45. The highest BCUT2D eigenvalue weighted by molar-refractivity contribution is 6.85. The molecule has 6 heteroatoms. The van der Waals surface area contributed by atoms with E-state index in [-0.39, 0.29) is 20.9 Å². The Morgan fingerprint density at radius 1 is 0.667 bits per heavy atom. The quantitative estimate of drug-likeness (QED) is 0.511. The molecule has 0 bridgehead atoms. The molecule has 1 aliphatic heterocycles. The van der Waals surface area contributed by atoms with E-state index in [0.717, 1.165) is 0 Å². The fraction of sp³-hybridized carbons (Fsp3) is 0.500. The second-order valence-corrected chi connectivity index (χ2v) is 4.52. The normalized spacial score (nSPS) is 18.3. The fourth-order valence-electron chi connectivity index (χ4n) is 2.62. The van der Waals surface area contributed by atoms with Gasteiger partial charge in [-0.3, -0.25) is 0 Å². The molecule has 0 atom stereocenters. The van der Waals surface area contributed by atoms with Crippen molar-refractivity contribution >= 4 is 20.9 Å². The van der Waals surface area contributed by atoms with Gasteiger partial charge in [0.1, 0.15) is 0 Å². The van der Waals surface area contributed by atoms with E-state index in [9.17, 15) is 0 Å². The van der Waals surface area contributed by atoms with Crippen molar-refractivity contribution in [3.8, 4) is 37.0 Å². The fourth-order valence-corrected chi connectivity index (χ4v) is 2.62. The molecule has 1 heterocycles. The van der Waals surface area contributed by atoms with E-state index in [1.807, 2.05) is 0 Å². The predicted molar refractivity (Wildman–Crippen MR) is 81.5 cm³/mol. The molecule has 0 spiro atoms. The van der Waals surface area contributed by atoms with Crippen molar-refractivity contribution < 1.29 is 0 Å². The molecule has 0 radical (unpaired) electrons. The van der Waals surface area contributed by atoms with Gasteiger partial charge in [-0.05, 0) is 0 Å². The van der Waals surface area contributed by atoms with E-state index in [1.54, 1.807) is 0 Å². The van der Waals surface area contributed by atoms with Crippen LogP contribution < -0.4 is 0 Å². The summed E-state index contributed by atoms with van der Waals surface area (Å²) in [7, 11) is 0. The Hall–Kier alpha value is -1.25. The largest absolute Gasteiger partial charge is 0.347 e. The van der Waals surface area contributed by atoms with Gasteiger partial charge < -0.3 is 14.2 Å². The first-order valence-corrected chi connectivity index (χ1v) is 6.16. The zero-order valence-corrected chi connectivity index (χ0v) is 11.4. The lowest BCUT2D eigenvalue weighted by Gasteiger charge is -2.50. The molecule has 0 aromatic heterocycles. The summed E-state index contributed by atoms with van der Waals surface area (Å²) in [4.78, 5) is 0. The number of terminal acetylenes is 3. The first-order valence-electron chi connectivity index (χ1n) is 6.16. The minimum absolute atomic E-state index is 0.219. The van der Waals surface area contributed by atoms with Crippen molar-refractivity contribution in [3.63, 3.8) is 0 Å². The SMILES string of the molecule is C#CCN1B(C)N(CC#C)B(C)N(CC#C)B1C. The van der Waals surface area contributed by atoms with Gasteiger partial charge in [0.15, 0.2) is 0 Å². The van der Waals surface area contributed by atoms with Gasteiger partial charge in [0, 0.05) is 19.6 Å². The van der Waals surface area contributed by atoms with Crippen molar-refractivity contribution in [2.45, 2.75) is 20.5 Å². The van der Waals surface area contributed by atoms with E-state index in [4.69, 9.17) is 19.3 Å². The van der Waals surface area contributed by atoms with Crippen molar-refractivity contribution in [2.75, 3.05) is 19.6 Å². The average Bonchev–Trinajstić information content (AvgIpc) is 2.35. The third-order valence-corrected chi connectivity index (χ3v) is 3.70. The molecular weight excluding hydrogens is 219 g/mol. The van der Waals surface area contributed by atoms with Crippen LogP contribution in [0.3, 0.4) is 0 Å². The second kappa shape index (κ2) is 6.62. The Kier molecular flexibility index (Phi) is 5.45. The highest BCUT2D eigenvalue weighted by atomic mass is 15.3. The first-order chi connectivity index (χ1) is 8.58. The van der Waals surface area contributed by atoms with Gasteiger partial charge in [-0.1, -0.05) is 38.2 Å². The van der Waals surface area contributed by atoms with Gasteiger partial charge in [0.25, 0.3) is 20.9 Å². The van der Waals surface area contributed by atoms with Crippen molar-refractivity contribution in [1.29, 1.82) is 0 Å². The molecule has 0 aromatic rings. The summed E-state index contributed by atoms with van der Waals surface area (Å²) in [5.74, 6) is 8.12. The zero-order chi connectivity index (χ0) is 13.7. The molecule has 18 heavy (non-hydrogen) atoms. The summed E-state index contributed by atoms with van der Waals surface area (Å²) < 4.78 is 6.69. The van der Waals surface area contributed by atoms with Crippen LogP contribution in [0.15, 0.2) is 0 Å². The molecule has 0 aliphatic carbocycles. The van der Waals surface area contributed by atoms with Gasteiger partial charge in [-0.15, -0.1) is 19.3 Å². The maximum Gasteiger partial charge on any atom is 0.288 e. The molecule has 1 rings (SSSR count). The van der Waals surface area contributed by atoms with E-state index < -0.39 is 0 Å². The van der Waals surface area contributed by atoms with Crippen LogP contribution in [0.25, 0.3) is 0 Å². The Labute approximate surface area is 113 Å². The van der Waals surface area contributed by atoms with Crippen LogP contribution in [0.2, 0.25) is 20.5 Å². The van der Waals surface area contributed by atoms with Crippen LogP contribution in [-0.2, 0) is 0 Å². The Morgan fingerprint density at radius 3 is 1.06 bits per heavy atom. The smallest absolute Gasteiger partial charge is 0.288 e. The van der Waals surface area contributed by atoms with Gasteiger partial charge in [0.05, 0.1) is 0 Å². The van der Waals surface area contributed by atoms with E-state index in [1.165, 1.54) is 0 Å². The standard InChI is InChI=1S/C12H18B3N3/c1-7-10-16-13(4)17(11-8-2)15(6)18(12-9-3)14(16)5/h1-3H,10-12H2,4-6H3. The summed E-state index contributed by atoms with van der Waals surface area (Å²) in [6.07, 6.45) is 16.3. The summed E-state index contributed by atoms with van der Waals surface area (Å²) in [6.45, 7) is 8.84. The van der Waals surface area contributed by atoms with Crippen LogP contribution in [0.4, 0.5) is 0 Å². The minimum atomic E-state index is 0.219. The van der Waals surface area contributed by atoms with Crippen molar-refractivity contribution in [2.24, 2.45) is 0 Å². The topological polar surface area (TPSA) is 9.72 Å². The van der Waals surface area contributed by atoms with Crippen LogP contribution >= 0.6 is 0 Å². The van der Waals surface area contributed by atoms with Crippen molar-refractivity contribution in [1.82, 2.24) is 14.2 Å². The molecular formula is C12H18B3N3. The average molecular weight is 237 g/mol. The third-order valence-electron chi connectivity index (χ3n) is 3.70. The predicted octanol–water partition coefficient (Wildman–Crippen LogP) is 0.160. The molecule has 90 valence electrons. The molecule has 1 aliphatic rings. The van der Waals surface area contributed by atoms with Crippen LogP contribution in [0.1, 0.15) is 0 Å². The minimum Gasteiger partial charge on any atom is -0.347 e. The van der Waals surface area contributed by atoms with Gasteiger partial charge >= 0.3 is 0 Å². The summed E-state index contributed by atoms with van der Waals surface area (Å²) in [5.41, 5.74) is 0. The van der Waals surface area contributed by atoms with Gasteiger partial charge in [0.2, 0.25) is 0 Å². The second-order valence-electron chi connectivity index (χ2n) is 4.52. The molecule has 0 saturated carbocycles. The molecule has 1 saturated heterocycles. The molecule has 1 fully saturated rings. The molecule has 0 amide bonds. The summed E-state index contributed by atoms with van der Waals surface area (Å²) >= 11 is 0. The van der Waals surface area contributed by atoms with E-state index in [0.29, 0.717) is 19.6 Å². The summed E-state index contributed by atoms with van der Waals surface area (Å²) in [6, 6.07) is 0. The Balaban J connectivity index is 2.99. The van der Waals surface area contributed by atoms with Crippen molar-refractivity contribution in [3.05, 3.63) is 0 Å². The highest BCUT2D eigenvalue weighted by Gasteiger charge is 2.45. The number of hydrogen-bond acceptors (Lipinski definition) is 3. The zero-order valence-electron chi connectivity index (χ0n) is 11.4. The lowest BCUT2D eigenvalue weighted by Crippen LogP contribution is -2.75. The highest BCUT2D eigenvalue weighted by Crippen LogP contribution is 2.18. The molecule has 0 N–H and O–H groups in total. The Bertz CT molecular complexity index is 332. The molecule has 3 nitrogen and oxygen atoms in total. The van der Waals surface area contributed by atoms with Crippen LogP contribution in [-0.4, -0.2) is 54.7 Å². The Morgan fingerprint density at radius 2 is 0.889 bits per heavy atom. The van der Waals surface area contributed by atoms with Crippen LogP contribution in [0, 0.1) is 37.0 Å². The molecule has 0 unspecified atom stereocenters. The maximum absolute atomic E-state index is 5.45. The van der Waals surface area contributed by atoms with Crippen LogP contribution in [0.5, 0.6) is 0 Å². The molecule has 0 aromatic carbocycles. The third kappa shape index (κ3) is 2.77. The van der Waals surface area contributed by atoms with E-state index >= 15 is 0 Å². The maximum atomic E-state index is 5.45. The first kappa shape index (κ1) is 14.8. The van der Waals surface area contributed by atoms with Gasteiger partial charge in [-0.2, -0.15) is 0 Å². The van der Waals surface area contributed by atoms with E-state index in [2.05, 4.69) is 52.4 Å². The summed E-state index contributed by atoms with van der Waals surface area (Å²) in [5, 5.41) is 0. The monoisotopic (exact) mass is 237 g/mol. The number of rotatable bonds is 3. The number of nitrogens with zero attached hydrogens (tertiary/aromatic N) is 3. The number of hydrogen-bond donors (Lipinski definition) is 0. The lowest BCUT2D eigenvalue weighted by molar-refractivity contribution is 0.496. The van der Waals surface area contributed by atoms with Gasteiger partial charge in [-0.25, -0.2) is 0 Å².